The number of hydrogen-bond donors (Lipinski definition) is 1. The van der Waals surface area contributed by atoms with Crippen LogP contribution in [0, 0.1) is 0 Å². The lowest BCUT2D eigenvalue weighted by molar-refractivity contribution is 0.164. The molecule has 3 heterocycles. The molecule has 0 aliphatic carbocycles. The molecule has 108 valence electrons. The van der Waals surface area contributed by atoms with E-state index in [9.17, 15) is 13.2 Å². The number of carbonyl (C=O) groups is 1. The van der Waals surface area contributed by atoms with Gasteiger partial charge >= 0.3 is 6.03 Å². The van der Waals surface area contributed by atoms with Crippen LogP contribution in [-0.4, -0.2) is 60.9 Å². The lowest BCUT2D eigenvalue weighted by atomic mass is 10.2. The van der Waals surface area contributed by atoms with Crippen LogP contribution in [0.1, 0.15) is 0 Å². The third-order valence-electron chi connectivity index (χ3n) is 3.51. The number of aromatic nitrogens is 1. The van der Waals surface area contributed by atoms with Crippen LogP contribution >= 0.6 is 15.9 Å². The Bertz CT molecular complexity index is 651. The number of carbonyl (C=O) groups excluding carboxylic acids is 1. The quantitative estimate of drug-likeness (QED) is 0.818. The van der Waals surface area contributed by atoms with Crippen molar-refractivity contribution in [3.8, 4) is 0 Å². The van der Waals surface area contributed by atoms with Crippen LogP contribution in [0.5, 0.6) is 0 Å². The molecule has 1 aromatic rings. The number of pyridine rings is 1. The first-order valence-electron chi connectivity index (χ1n) is 6.13. The highest BCUT2D eigenvalue weighted by Gasteiger charge is 2.39. The second-order valence-electron chi connectivity index (χ2n) is 4.74. The summed E-state index contributed by atoms with van der Waals surface area (Å²) in [6.07, 6.45) is 2.88. The third-order valence-corrected chi connectivity index (χ3v) is 5.78. The second kappa shape index (κ2) is 4.97. The summed E-state index contributed by atoms with van der Waals surface area (Å²) in [6, 6.07) is 1.33. The topological polar surface area (TPSA) is 82.6 Å². The van der Waals surface area contributed by atoms with Gasteiger partial charge in [0.1, 0.15) is 4.90 Å². The fourth-order valence-corrected chi connectivity index (χ4v) is 4.45. The minimum atomic E-state index is -3.57. The molecule has 2 saturated heterocycles. The Labute approximate surface area is 125 Å². The molecule has 2 amide bonds. The molecular formula is C11H13BrN4O3S. The zero-order valence-corrected chi connectivity index (χ0v) is 12.9. The highest BCUT2D eigenvalue weighted by atomic mass is 79.9. The molecule has 1 N–H and O–H groups in total. The van der Waals surface area contributed by atoms with E-state index in [0.717, 1.165) is 0 Å². The van der Waals surface area contributed by atoms with Crippen molar-refractivity contribution in [2.24, 2.45) is 0 Å². The number of nitrogens with zero attached hydrogens (tertiary/aromatic N) is 3. The number of amides is 2. The van der Waals surface area contributed by atoms with E-state index < -0.39 is 10.0 Å². The number of hydrogen-bond acceptors (Lipinski definition) is 4. The zero-order valence-electron chi connectivity index (χ0n) is 10.5. The van der Waals surface area contributed by atoms with Gasteiger partial charge in [0.25, 0.3) is 0 Å². The van der Waals surface area contributed by atoms with Crippen molar-refractivity contribution in [1.82, 2.24) is 19.5 Å². The molecule has 20 heavy (non-hydrogen) atoms. The average molecular weight is 361 g/mol. The summed E-state index contributed by atoms with van der Waals surface area (Å²) in [4.78, 5) is 17.3. The van der Waals surface area contributed by atoms with E-state index in [1.807, 2.05) is 0 Å². The average Bonchev–Trinajstić information content (AvgIpc) is 2.80. The number of piperazine rings is 1. The second-order valence-corrected chi connectivity index (χ2v) is 7.59. The van der Waals surface area contributed by atoms with Crippen LogP contribution in [0.3, 0.4) is 0 Å². The summed E-state index contributed by atoms with van der Waals surface area (Å²) in [5, 5.41) is 2.73. The maximum atomic E-state index is 12.6. The van der Waals surface area contributed by atoms with E-state index >= 15 is 0 Å². The molecule has 2 aliphatic heterocycles. The summed E-state index contributed by atoms with van der Waals surface area (Å²) >= 11 is 3.22. The Balaban J connectivity index is 1.84. The lowest BCUT2D eigenvalue weighted by Gasteiger charge is -2.35. The van der Waals surface area contributed by atoms with Crippen LogP contribution in [0.25, 0.3) is 0 Å². The lowest BCUT2D eigenvalue weighted by Crippen LogP contribution is -2.53. The van der Waals surface area contributed by atoms with Gasteiger partial charge in [-0.15, -0.1) is 0 Å². The Morgan fingerprint density at radius 3 is 2.90 bits per heavy atom. The van der Waals surface area contributed by atoms with Gasteiger partial charge in [0.05, 0.1) is 6.04 Å². The van der Waals surface area contributed by atoms with Crippen LogP contribution < -0.4 is 5.32 Å². The number of urea groups is 1. The van der Waals surface area contributed by atoms with Gasteiger partial charge in [-0.3, -0.25) is 4.98 Å². The first-order valence-corrected chi connectivity index (χ1v) is 8.37. The first kappa shape index (κ1) is 13.8. The molecule has 1 atom stereocenters. The van der Waals surface area contributed by atoms with Gasteiger partial charge in [0.15, 0.2) is 0 Å². The highest BCUT2D eigenvalue weighted by Crippen LogP contribution is 2.23. The maximum absolute atomic E-state index is 12.6. The van der Waals surface area contributed by atoms with Gasteiger partial charge in [-0.25, -0.2) is 13.2 Å². The normalized spacial score (nSPS) is 23.6. The molecule has 3 rings (SSSR count). The molecule has 2 aliphatic rings. The van der Waals surface area contributed by atoms with Crippen LogP contribution in [0.2, 0.25) is 0 Å². The number of rotatable bonds is 2. The van der Waals surface area contributed by atoms with Crippen molar-refractivity contribution >= 4 is 32.0 Å². The molecule has 9 heteroatoms. The molecule has 7 nitrogen and oxygen atoms in total. The van der Waals surface area contributed by atoms with Crippen molar-refractivity contribution in [3.63, 3.8) is 0 Å². The zero-order chi connectivity index (χ0) is 14.3. The fourth-order valence-electron chi connectivity index (χ4n) is 2.48. The molecule has 0 radical (unpaired) electrons. The van der Waals surface area contributed by atoms with Crippen molar-refractivity contribution in [3.05, 3.63) is 22.9 Å². The van der Waals surface area contributed by atoms with Crippen LogP contribution in [0.4, 0.5) is 4.79 Å². The van der Waals surface area contributed by atoms with Crippen LogP contribution in [-0.2, 0) is 10.0 Å². The molecule has 0 saturated carbocycles. The number of fused-ring (bicyclic) bond motifs is 1. The molecule has 0 aromatic carbocycles. The van der Waals surface area contributed by atoms with Gasteiger partial charge in [0, 0.05) is 43.0 Å². The predicted octanol–water partition coefficient (Wildman–Crippen LogP) is 0.242. The predicted molar refractivity (Wildman–Crippen MR) is 74.6 cm³/mol. The van der Waals surface area contributed by atoms with Crippen molar-refractivity contribution in [2.45, 2.75) is 10.9 Å². The highest BCUT2D eigenvalue weighted by molar-refractivity contribution is 9.10. The van der Waals surface area contributed by atoms with Crippen molar-refractivity contribution in [1.29, 1.82) is 0 Å². The molecule has 2 fully saturated rings. The van der Waals surface area contributed by atoms with Gasteiger partial charge in [-0.05, 0) is 22.0 Å². The smallest absolute Gasteiger partial charge is 0.317 e. The summed E-state index contributed by atoms with van der Waals surface area (Å²) in [7, 11) is -3.57. The number of nitrogens with one attached hydrogen (secondary N) is 1. The van der Waals surface area contributed by atoms with E-state index in [0.29, 0.717) is 30.7 Å². The SMILES string of the molecule is O=C1NCC2CN(S(=O)(=O)c3cncc(Br)c3)CCN12. The minimum Gasteiger partial charge on any atom is -0.336 e. The molecule has 1 unspecified atom stereocenters. The Hall–Kier alpha value is -1.19. The molecular weight excluding hydrogens is 348 g/mol. The van der Waals surface area contributed by atoms with E-state index in [-0.39, 0.29) is 17.0 Å². The Morgan fingerprint density at radius 1 is 1.35 bits per heavy atom. The standard InChI is InChI=1S/C11H13BrN4O3S/c12-8-3-10(6-13-4-8)20(18,19)15-1-2-16-9(7-15)5-14-11(16)17/h3-4,6,9H,1-2,5,7H2,(H,14,17). The van der Waals surface area contributed by atoms with Gasteiger partial charge < -0.3 is 10.2 Å². The summed E-state index contributed by atoms with van der Waals surface area (Å²) in [6.45, 7) is 1.52. The van der Waals surface area contributed by atoms with E-state index in [4.69, 9.17) is 0 Å². The molecule has 1 aromatic heterocycles. The maximum Gasteiger partial charge on any atom is 0.317 e. The van der Waals surface area contributed by atoms with Gasteiger partial charge in [-0.2, -0.15) is 4.31 Å². The molecule has 0 bridgehead atoms. The summed E-state index contributed by atoms with van der Waals surface area (Å²) < 4.78 is 27.1. The third kappa shape index (κ3) is 2.29. The summed E-state index contributed by atoms with van der Waals surface area (Å²) in [5.74, 6) is 0. The Morgan fingerprint density at radius 2 is 2.15 bits per heavy atom. The van der Waals surface area contributed by atoms with Crippen molar-refractivity contribution in [2.75, 3.05) is 26.2 Å². The number of sulfonamides is 1. The molecule has 0 spiro atoms. The number of halogens is 1. The van der Waals surface area contributed by atoms with E-state index in [2.05, 4.69) is 26.2 Å². The minimum absolute atomic E-state index is 0.0915. The van der Waals surface area contributed by atoms with E-state index in [1.54, 1.807) is 4.90 Å². The monoisotopic (exact) mass is 360 g/mol. The van der Waals surface area contributed by atoms with Gasteiger partial charge in [-0.1, -0.05) is 0 Å². The van der Waals surface area contributed by atoms with Crippen LogP contribution in [0.15, 0.2) is 27.8 Å². The Kier molecular flexibility index (Phi) is 3.43. The fraction of sp³-hybridized carbons (Fsp3) is 0.455. The first-order chi connectivity index (χ1) is 9.48. The van der Waals surface area contributed by atoms with Gasteiger partial charge in [0.2, 0.25) is 10.0 Å². The summed E-state index contributed by atoms with van der Waals surface area (Å²) in [5.41, 5.74) is 0. The van der Waals surface area contributed by atoms with E-state index in [1.165, 1.54) is 22.8 Å². The largest absolute Gasteiger partial charge is 0.336 e. The van der Waals surface area contributed by atoms with Crippen molar-refractivity contribution < 1.29 is 13.2 Å².